The van der Waals surface area contributed by atoms with Crippen LogP contribution in [-0.2, 0) is 13.1 Å². The fourth-order valence-corrected chi connectivity index (χ4v) is 2.57. The van der Waals surface area contributed by atoms with E-state index in [0.29, 0.717) is 0 Å². The van der Waals surface area contributed by atoms with E-state index in [0.717, 1.165) is 35.4 Å². The fraction of sp³-hybridized carbons (Fsp3) is 0.533. The first kappa shape index (κ1) is 15.1. The second-order valence-corrected chi connectivity index (χ2v) is 6.93. The third-order valence-corrected chi connectivity index (χ3v) is 3.86. The Kier molecular flexibility index (Phi) is 4.50. The normalized spacial score (nSPS) is 11.8. The Morgan fingerprint density at radius 1 is 1.35 bits per heavy atom. The Morgan fingerprint density at radius 2 is 2.10 bits per heavy atom. The quantitative estimate of drug-likeness (QED) is 0.915. The lowest BCUT2D eigenvalue weighted by atomic mass is 10.1. The number of hydrogen-bond donors (Lipinski definition) is 1. The second kappa shape index (κ2) is 5.97. The van der Waals surface area contributed by atoms with Crippen LogP contribution in [0.5, 0.6) is 0 Å². The first-order chi connectivity index (χ1) is 9.33. The molecule has 0 saturated carbocycles. The maximum Gasteiger partial charge on any atom is 0.185 e. The molecule has 0 aliphatic rings. The van der Waals surface area contributed by atoms with Crippen molar-refractivity contribution >= 4 is 16.5 Å². The largest absolute Gasteiger partial charge is 0.464 e. The molecule has 20 heavy (non-hydrogen) atoms. The highest BCUT2D eigenvalue weighted by Crippen LogP contribution is 2.22. The topological polar surface area (TPSA) is 41.3 Å². The molecule has 0 fully saturated rings. The summed E-state index contributed by atoms with van der Waals surface area (Å²) in [4.78, 5) is 6.77. The first-order valence-electron chi connectivity index (χ1n) is 6.79. The van der Waals surface area contributed by atoms with E-state index in [1.165, 1.54) is 0 Å². The molecular formula is C15H23N3OS. The van der Waals surface area contributed by atoms with Gasteiger partial charge in [-0.15, -0.1) is 11.3 Å². The van der Waals surface area contributed by atoms with Crippen molar-refractivity contribution in [3.05, 3.63) is 34.7 Å². The second-order valence-electron chi connectivity index (χ2n) is 6.09. The summed E-state index contributed by atoms with van der Waals surface area (Å²) >= 11 is 1.67. The zero-order valence-electron chi connectivity index (χ0n) is 12.9. The van der Waals surface area contributed by atoms with Crippen molar-refractivity contribution in [1.82, 2.24) is 10.3 Å². The molecular weight excluding hydrogens is 270 g/mol. The minimum Gasteiger partial charge on any atom is -0.464 e. The van der Waals surface area contributed by atoms with E-state index in [1.54, 1.807) is 11.3 Å². The fourth-order valence-electron chi connectivity index (χ4n) is 1.78. The maximum atomic E-state index is 5.60. The van der Waals surface area contributed by atoms with Gasteiger partial charge < -0.3 is 14.6 Å². The Hall–Kier alpha value is -1.33. The molecule has 0 unspecified atom stereocenters. The predicted octanol–water partition coefficient (Wildman–Crippen LogP) is 3.57. The molecule has 110 valence electrons. The summed E-state index contributed by atoms with van der Waals surface area (Å²) in [6, 6.07) is 4.01. The molecule has 0 atom stereocenters. The zero-order chi connectivity index (χ0) is 14.8. The van der Waals surface area contributed by atoms with E-state index in [4.69, 9.17) is 4.42 Å². The molecule has 5 heteroatoms. The van der Waals surface area contributed by atoms with Crippen molar-refractivity contribution in [3.63, 3.8) is 0 Å². The lowest BCUT2D eigenvalue weighted by Gasteiger charge is -2.19. The highest BCUT2D eigenvalue weighted by molar-refractivity contribution is 7.13. The van der Waals surface area contributed by atoms with Crippen LogP contribution in [0.4, 0.5) is 5.13 Å². The van der Waals surface area contributed by atoms with Gasteiger partial charge in [-0.3, -0.25) is 0 Å². The van der Waals surface area contributed by atoms with Crippen molar-refractivity contribution < 1.29 is 4.42 Å². The monoisotopic (exact) mass is 293 g/mol. The molecule has 0 amide bonds. The van der Waals surface area contributed by atoms with Crippen molar-refractivity contribution in [1.29, 1.82) is 0 Å². The van der Waals surface area contributed by atoms with Gasteiger partial charge in [0.15, 0.2) is 5.13 Å². The number of hydrogen-bond acceptors (Lipinski definition) is 5. The van der Waals surface area contributed by atoms with Crippen molar-refractivity contribution in [2.75, 3.05) is 11.9 Å². The van der Waals surface area contributed by atoms with E-state index in [2.05, 4.69) is 41.4 Å². The summed E-state index contributed by atoms with van der Waals surface area (Å²) in [5.74, 6) is 1.91. The zero-order valence-corrected chi connectivity index (χ0v) is 13.7. The number of aromatic nitrogens is 1. The molecule has 0 aliphatic heterocycles. The molecule has 0 radical (unpaired) electrons. The van der Waals surface area contributed by atoms with Crippen LogP contribution in [0.3, 0.4) is 0 Å². The minimum atomic E-state index is 0.112. The van der Waals surface area contributed by atoms with Crippen LogP contribution in [0.1, 0.15) is 38.0 Å². The van der Waals surface area contributed by atoms with Crippen molar-refractivity contribution in [2.24, 2.45) is 0 Å². The molecule has 4 nitrogen and oxygen atoms in total. The number of aryl methyl sites for hydroxylation is 1. The van der Waals surface area contributed by atoms with Gasteiger partial charge in [-0.2, -0.15) is 0 Å². The lowest BCUT2D eigenvalue weighted by molar-refractivity contribution is 0.422. The summed E-state index contributed by atoms with van der Waals surface area (Å²) in [6.45, 7) is 9.98. The van der Waals surface area contributed by atoms with E-state index in [9.17, 15) is 0 Å². The van der Waals surface area contributed by atoms with Crippen LogP contribution in [0, 0.1) is 6.92 Å². The summed E-state index contributed by atoms with van der Waals surface area (Å²) in [6.07, 6.45) is 0. The molecule has 0 aliphatic carbocycles. The maximum absolute atomic E-state index is 5.60. The third kappa shape index (κ3) is 4.35. The lowest BCUT2D eigenvalue weighted by Crippen LogP contribution is -2.35. The van der Waals surface area contributed by atoms with Gasteiger partial charge in [0.2, 0.25) is 0 Å². The molecule has 0 bridgehead atoms. The highest BCUT2D eigenvalue weighted by Gasteiger charge is 2.12. The Bertz CT molecular complexity index is 553. The number of anilines is 1. The molecule has 2 heterocycles. The van der Waals surface area contributed by atoms with Gasteiger partial charge in [-0.25, -0.2) is 4.98 Å². The predicted molar refractivity (Wildman–Crippen MR) is 84.3 cm³/mol. The van der Waals surface area contributed by atoms with E-state index in [1.807, 2.05) is 26.1 Å². The number of rotatable bonds is 5. The molecule has 0 spiro atoms. The summed E-state index contributed by atoms with van der Waals surface area (Å²) in [7, 11) is 2.04. The van der Waals surface area contributed by atoms with Gasteiger partial charge in [0.1, 0.15) is 11.5 Å². The molecule has 2 aromatic rings. The van der Waals surface area contributed by atoms with Gasteiger partial charge in [0.25, 0.3) is 0 Å². The van der Waals surface area contributed by atoms with Crippen molar-refractivity contribution in [2.45, 2.75) is 46.3 Å². The highest BCUT2D eigenvalue weighted by atomic mass is 32.1. The van der Waals surface area contributed by atoms with Gasteiger partial charge in [-0.05, 0) is 39.8 Å². The van der Waals surface area contributed by atoms with Gasteiger partial charge >= 0.3 is 0 Å². The average Bonchev–Trinajstić information content (AvgIpc) is 2.95. The van der Waals surface area contributed by atoms with Crippen LogP contribution < -0.4 is 10.2 Å². The van der Waals surface area contributed by atoms with Crippen LogP contribution in [0.25, 0.3) is 0 Å². The van der Waals surface area contributed by atoms with Crippen LogP contribution in [-0.4, -0.2) is 17.6 Å². The van der Waals surface area contributed by atoms with Gasteiger partial charge in [0, 0.05) is 24.5 Å². The molecule has 1 N–H and O–H groups in total. The third-order valence-electron chi connectivity index (χ3n) is 2.86. The van der Waals surface area contributed by atoms with Gasteiger partial charge in [0.05, 0.1) is 12.2 Å². The Balaban J connectivity index is 1.94. The van der Waals surface area contributed by atoms with E-state index >= 15 is 0 Å². The van der Waals surface area contributed by atoms with E-state index < -0.39 is 0 Å². The number of nitrogens with zero attached hydrogens (tertiary/aromatic N) is 2. The van der Waals surface area contributed by atoms with Crippen LogP contribution in [0.2, 0.25) is 0 Å². The molecule has 2 rings (SSSR count). The summed E-state index contributed by atoms with van der Waals surface area (Å²) in [5.41, 5.74) is 1.20. The van der Waals surface area contributed by atoms with Crippen molar-refractivity contribution in [3.8, 4) is 0 Å². The van der Waals surface area contributed by atoms with Crippen LogP contribution in [0.15, 0.2) is 21.9 Å². The number of nitrogens with one attached hydrogen (secondary N) is 1. The molecule has 0 saturated heterocycles. The standard InChI is InChI=1S/C15H23N3OS/c1-11-6-7-13(19-11)9-18(5)14-17-12(10-20-14)8-16-15(2,3)4/h6-7,10,16H,8-9H2,1-5H3. The summed E-state index contributed by atoms with van der Waals surface area (Å²) < 4.78 is 5.60. The molecule has 2 aromatic heterocycles. The van der Waals surface area contributed by atoms with E-state index in [-0.39, 0.29) is 5.54 Å². The SMILES string of the molecule is Cc1ccc(CN(C)c2nc(CNC(C)(C)C)cs2)o1. The minimum absolute atomic E-state index is 0.112. The Morgan fingerprint density at radius 3 is 2.70 bits per heavy atom. The average molecular weight is 293 g/mol. The molecule has 0 aromatic carbocycles. The Labute approximate surface area is 124 Å². The van der Waals surface area contributed by atoms with Gasteiger partial charge in [-0.1, -0.05) is 0 Å². The number of furan rings is 1. The number of thiazole rings is 1. The summed E-state index contributed by atoms with van der Waals surface area (Å²) in [5, 5.41) is 6.58. The smallest absolute Gasteiger partial charge is 0.185 e. The first-order valence-corrected chi connectivity index (χ1v) is 7.67. The van der Waals surface area contributed by atoms with Crippen LogP contribution >= 0.6 is 11.3 Å².